The zero-order valence-electron chi connectivity index (χ0n) is 14.4. The fourth-order valence-electron chi connectivity index (χ4n) is 1.58. The molecule has 2 N–H and O–H groups in total. The summed E-state index contributed by atoms with van der Waals surface area (Å²) in [4.78, 5) is 46.3. The van der Waals surface area contributed by atoms with Crippen LogP contribution in [-0.2, 0) is 28.7 Å². The van der Waals surface area contributed by atoms with E-state index in [1.165, 1.54) is 0 Å². The first kappa shape index (κ1) is 20.9. The summed E-state index contributed by atoms with van der Waals surface area (Å²) in [7, 11) is 0. The second-order valence-electron chi connectivity index (χ2n) is 5.90. The lowest BCUT2D eigenvalue weighted by Gasteiger charge is -2.32. The third-order valence-corrected chi connectivity index (χ3v) is 2.70. The molecule has 0 aromatic carbocycles. The second kappa shape index (κ2) is 9.81. The Hall–Kier alpha value is -2.12. The Morgan fingerprint density at radius 2 is 1.17 bits per heavy atom. The molecule has 0 aromatic heterocycles. The van der Waals surface area contributed by atoms with Crippen molar-refractivity contribution in [1.82, 2.24) is 10.6 Å². The van der Waals surface area contributed by atoms with Gasteiger partial charge in [-0.2, -0.15) is 0 Å². The summed E-state index contributed by atoms with van der Waals surface area (Å²) in [6, 6.07) is 0. The first-order chi connectivity index (χ1) is 10.6. The molecule has 2 amide bonds. The van der Waals surface area contributed by atoms with Gasteiger partial charge in [0.05, 0.1) is 13.2 Å². The monoisotopic (exact) mass is 330 g/mol. The molecule has 0 aliphatic carbocycles. The van der Waals surface area contributed by atoms with Gasteiger partial charge in [0.1, 0.15) is 19.0 Å². The van der Waals surface area contributed by atoms with Gasteiger partial charge in [0.15, 0.2) is 0 Å². The molecule has 0 heterocycles. The minimum Gasteiger partial charge on any atom is -0.466 e. The molecule has 0 saturated carbocycles. The van der Waals surface area contributed by atoms with Gasteiger partial charge in [-0.25, -0.2) is 0 Å². The summed E-state index contributed by atoms with van der Waals surface area (Å²) in [6.45, 7) is 9.05. The van der Waals surface area contributed by atoms with E-state index in [4.69, 9.17) is 9.47 Å². The molecule has 0 aliphatic rings. The summed E-state index contributed by atoms with van der Waals surface area (Å²) in [5.41, 5.74) is -0.519. The topological polar surface area (TPSA) is 111 Å². The smallest absolute Gasteiger partial charge is 0.315 e. The first-order valence-electron chi connectivity index (χ1n) is 7.50. The Balaban J connectivity index is 4.65. The lowest BCUT2D eigenvalue weighted by molar-refractivity contribution is -0.147. The number of nitrogens with one attached hydrogen (secondary N) is 2. The molecule has 0 saturated heterocycles. The van der Waals surface area contributed by atoms with Gasteiger partial charge in [0.25, 0.3) is 0 Å². The van der Waals surface area contributed by atoms with Crippen molar-refractivity contribution in [3.63, 3.8) is 0 Å². The SMILES string of the molecule is CCOC(=O)CC(=O)NC(NC(=O)CC(=O)OCC)C(C)(C)C. The summed E-state index contributed by atoms with van der Waals surface area (Å²) >= 11 is 0. The molecule has 0 rings (SSSR count). The fourth-order valence-corrected chi connectivity index (χ4v) is 1.58. The van der Waals surface area contributed by atoms with Crippen LogP contribution in [0.15, 0.2) is 0 Å². The van der Waals surface area contributed by atoms with E-state index in [9.17, 15) is 19.2 Å². The molecule has 132 valence electrons. The molecule has 0 aromatic rings. The molecule has 8 heteroatoms. The second-order valence-corrected chi connectivity index (χ2v) is 5.90. The van der Waals surface area contributed by atoms with E-state index in [0.29, 0.717) is 0 Å². The zero-order chi connectivity index (χ0) is 18.0. The first-order valence-corrected chi connectivity index (χ1v) is 7.50. The standard InChI is InChI=1S/C15H26N2O6/c1-6-22-12(20)8-10(18)16-14(15(3,4)5)17-11(19)9-13(21)23-7-2/h14H,6-9H2,1-5H3,(H,16,18)(H,17,19). The zero-order valence-corrected chi connectivity index (χ0v) is 14.4. The number of esters is 2. The van der Waals surface area contributed by atoms with Crippen LogP contribution in [0.5, 0.6) is 0 Å². The van der Waals surface area contributed by atoms with Crippen LogP contribution in [0.1, 0.15) is 47.5 Å². The van der Waals surface area contributed by atoms with Gasteiger partial charge in [-0.1, -0.05) is 20.8 Å². The maximum atomic E-state index is 11.8. The van der Waals surface area contributed by atoms with Gasteiger partial charge in [0.2, 0.25) is 11.8 Å². The highest BCUT2D eigenvalue weighted by Gasteiger charge is 2.29. The number of carbonyl (C=O) groups excluding carboxylic acids is 4. The number of carbonyl (C=O) groups is 4. The van der Waals surface area contributed by atoms with Gasteiger partial charge in [-0.05, 0) is 13.8 Å². The van der Waals surface area contributed by atoms with E-state index >= 15 is 0 Å². The van der Waals surface area contributed by atoms with E-state index < -0.39 is 48.2 Å². The molecular weight excluding hydrogens is 304 g/mol. The Kier molecular flexibility index (Phi) is 8.90. The molecule has 0 atom stereocenters. The number of rotatable bonds is 8. The van der Waals surface area contributed by atoms with Gasteiger partial charge < -0.3 is 20.1 Å². The van der Waals surface area contributed by atoms with Crippen molar-refractivity contribution in [3.05, 3.63) is 0 Å². The summed E-state index contributed by atoms with van der Waals surface area (Å²) in [6.07, 6.45) is -1.62. The van der Waals surface area contributed by atoms with Gasteiger partial charge in [-0.15, -0.1) is 0 Å². The maximum absolute atomic E-state index is 11.8. The van der Waals surface area contributed by atoms with E-state index in [1.54, 1.807) is 34.6 Å². The lowest BCUT2D eigenvalue weighted by Crippen LogP contribution is -2.55. The van der Waals surface area contributed by atoms with Crippen molar-refractivity contribution in [3.8, 4) is 0 Å². The molecule has 23 heavy (non-hydrogen) atoms. The minimum absolute atomic E-state index is 0.186. The third kappa shape index (κ3) is 9.49. The van der Waals surface area contributed by atoms with E-state index in [-0.39, 0.29) is 13.2 Å². The van der Waals surface area contributed by atoms with Crippen LogP contribution >= 0.6 is 0 Å². The molecule has 0 fully saturated rings. The van der Waals surface area contributed by atoms with Crippen molar-refractivity contribution in [2.24, 2.45) is 5.41 Å². The maximum Gasteiger partial charge on any atom is 0.315 e. The predicted molar refractivity (Wildman–Crippen MR) is 82.0 cm³/mol. The Morgan fingerprint density at radius 3 is 1.43 bits per heavy atom. The molecular formula is C15H26N2O6. The van der Waals surface area contributed by atoms with Gasteiger partial charge >= 0.3 is 11.9 Å². The van der Waals surface area contributed by atoms with Crippen LogP contribution in [0.3, 0.4) is 0 Å². The minimum atomic E-state index is -0.744. The van der Waals surface area contributed by atoms with Crippen LogP contribution in [-0.4, -0.2) is 43.1 Å². The van der Waals surface area contributed by atoms with Crippen LogP contribution in [0, 0.1) is 5.41 Å². The van der Waals surface area contributed by atoms with Gasteiger partial charge in [0, 0.05) is 5.41 Å². The number of hydrogen-bond acceptors (Lipinski definition) is 6. The number of ether oxygens (including phenoxy) is 2. The Morgan fingerprint density at radius 1 is 0.826 bits per heavy atom. The summed E-state index contributed by atoms with van der Waals surface area (Å²) in [5.74, 6) is -2.43. The van der Waals surface area contributed by atoms with Crippen molar-refractivity contribution in [1.29, 1.82) is 0 Å². The molecule has 8 nitrogen and oxygen atoms in total. The normalized spacial score (nSPS) is 10.9. The highest BCUT2D eigenvalue weighted by atomic mass is 16.5. The van der Waals surface area contributed by atoms with E-state index in [2.05, 4.69) is 10.6 Å². The molecule has 0 spiro atoms. The van der Waals surface area contributed by atoms with Gasteiger partial charge in [-0.3, -0.25) is 19.2 Å². The van der Waals surface area contributed by atoms with Crippen molar-refractivity contribution < 1.29 is 28.7 Å². The van der Waals surface area contributed by atoms with Crippen molar-refractivity contribution in [2.45, 2.75) is 53.6 Å². The molecule has 0 aliphatic heterocycles. The highest BCUT2D eigenvalue weighted by Crippen LogP contribution is 2.17. The summed E-state index contributed by atoms with van der Waals surface area (Å²) in [5, 5.41) is 5.12. The van der Waals surface area contributed by atoms with Crippen LogP contribution < -0.4 is 10.6 Å². The number of hydrogen-bond donors (Lipinski definition) is 2. The average molecular weight is 330 g/mol. The Labute approximate surface area is 136 Å². The summed E-state index contributed by atoms with van der Waals surface area (Å²) < 4.78 is 9.38. The van der Waals surface area contributed by atoms with E-state index in [0.717, 1.165) is 0 Å². The molecule has 0 unspecified atom stereocenters. The highest BCUT2D eigenvalue weighted by molar-refractivity contribution is 5.96. The van der Waals surface area contributed by atoms with E-state index in [1.807, 2.05) is 0 Å². The predicted octanol–water partition coefficient (Wildman–Crippen LogP) is 0.497. The lowest BCUT2D eigenvalue weighted by atomic mass is 9.92. The average Bonchev–Trinajstić information content (AvgIpc) is 2.36. The fraction of sp³-hybridized carbons (Fsp3) is 0.733. The Bertz CT molecular complexity index is 408. The van der Waals surface area contributed by atoms with Crippen LogP contribution in [0.25, 0.3) is 0 Å². The third-order valence-electron chi connectivity index (χ3n) is 2.70. The van der Waals surface area contributed by atoms with Crippen LogP contribution in [0.2, 0.25) is 0 Å². The van der Waals surface area contributed by atoms with Crippen LogP contribution in [0.4, 0.5) is 0 Å². The largest absolute Gasteiger partial charge is 0.466 e. The number of amides is 2. The van der Waals surface area contributed by atoms with Crippen molar-refractivity contribution >= 4 is 23.8 Å². The van der Waals surface area contributed by atoms with Crippen molar-refractivity contribution in [2.75, 3.05) is 13.2 Å². The molecule has 0 radical (unpaired) electrons. The molecule has 0 bridgehead atoms. The quantitative estimate of drug-likeness (QED) is 0.381.